The molecule has 0 atom stereocenters. The molecule has 3 aromatic rings. The van der Waals surface area contributed by atoms with E-state index in [0.717, 1.165) is 16.7 Å². The number of carbonyl (C=O) groups is 2. The molecule has 0 spiro atoms. The van der Waals surface area contributed by atoms with Crippen molar-refractivity contribution in [2.45, 2.75) is 13.1 Å². The summed E-state index contributed by atoms with van der Waals surface area (Å²) >= 11 is 0. The number of benzene rings is 2. The van der Waals surface area contributed by atoms with E-state index in [1.165, 1.54) is 4.90 Å². The van der Waals surface area contributed by atoms with Crippen LogP contribution in [0.2, 0.25) is 0 Å². The quantitative estimate of drug-likeness (QED) is 0.612. The molecule has 1 aliphatic heterocycles. The maximum Gasteiger partial charge on any atom is 0.278 e. The van der Waals surface area contributed by atoms with Crippen molar-refractivity contribution in [3.05, 3.63) is 108 Å². The molecule has 0 saturated carbocycles. The zero-order chi connectivity index (χ0) is 20.2. The van der Waals surface area contributed by atoms with Crippen LogP contribution < -0.4 is 0 Å². The Kier molecular flexibility index (Phi) is 5.20. The van der Waals surface area contributed by atoms with E-state index >= 15 is 0 Å². The van der Waals surface area contributed by atoms with E-state index in [1.54, 1.807) is 18.5 Å². The van der Waals surface area contributed by atoms with E-state index in [1.807, 2.05) is 78.7 Å². The van der Waals surface area contributed by atoms with E-state index < -0.39 is 0 Å². The van der Waals surface area contributed by atoms with E-state index in [4.69, 9.17) is 0 Å². The number of pyridine rings is 1. The van der Waals surface area contributed by atoms with Crippen molar-refractivity contribution in [2.75, 3.05) is 7.05 Å². The van der Waals surface area contributed by atoms with Gasteiger partial charge in [0.25, 0.3) is 11.8 Å². The first-order chi connectivity index (χ1) is 14.1. The number of amides is 2. The lowest BCUT2D eigenvalue weighted by molar-refractivity contribution is -0.138. The first kappa shape index (κ1) is 18.6. The Labute approximate surface area is 169 Å². The smallest absolute Gasteiger partial charge is 0.278 e. The van der Waals surface area contributed by atoms with Gasteiger partial charge in [-0.05, 0) is 22.8 Å². The highest BCUT2D eigenvalue weighted by molar-refractivity contribution is 6.35. The van der Waals surface area contributed by atoms with Gasteiger partial charge in [-0.3, -0.25) is 19.5 Å². The summed E-state index contributed by atoms with van der Waals surface area (Å²) in [5.74, 6) is -0.559. The average molecular weight is 383 g/mol. The van der Waals surface area contributed by atoms with Crippen LogP contribution in [0.15, 0.2) is 90.9 Å². The molecular formula is C24H21N3O2. The molecule has 1 aromatic heterocycles. The third-order valence-corrected chi connectivity index (χ3v) is 4.91. The largest absolute Gasteiger partial charge is 0.365 e. The van der Waals surface area contributed by atoms with E-state index in [-0.39, 0.29) is 18.4 Å². The minimum Gasteiger partial charge on any atom is -0.365 e. The number of rotatable bonds is 6. The van der Waals surface area contributed by atoms with Crippen LogP contribution in [0, 0.1) is 0 Å². The van der Waals surface area contributed by atoms with Crippen LogP contribution in [0.25, 0.3) is 5.57 Å². The zero-order valence-electron chi connectivity index (χ0n) is 16.2. The van der Waals surface area contributed by atoms with Crippen LogP contribution in [-0.4, -0.2) is 33.6 Å². The van der Waals surface area contributed by atoms with Crippen molar-refractivity contribution in [2.24, 2.45) is 0 Å². The van der Waals surface area contributed by atoms with Crippen molar-refractivity contribution in [3.63, 3.8) is 0 Å². The highest BCUT2D eigenvalue weighted by atomic mass is 16.2. The number of aromatic nitrogens is 1. The second-order valence-corrected chi connectivity index (χ2v) is 6.99. The summed E-state index contributed by atoms with van der Waals surface area (Å²) in [7, 11) is 1.85. The lowest BCUT2D eigenvalue weighted by Gasteiger charge is -2.21. The summed E-state index contributed by atoms with van der Waals surface area (Å²) < 4.78 is 0. The topological polar surface area (TPSA) is 53.5 Å². The molecule has 2 amide bonds. The molecule has 5 nitrogen and oxygen atoms in total. The Bertz CT molecular complexity index is 1050. The molecule has 29 heavy (non-hydrogen) atoms. The van der Waals surface area contributed by atoms with Gasteiger partial charge in [0.15, 0.2) is 0 Å². The molecule has 2 heterocycles. The molecule has 0 radical (unpaired) electrons. The van der Waals surface area contributed by atoms with Gasteiger partial charge >= 0.3 is 0 Å². The molecule has 0 aliphatic carbocycles. The Morgan fingerprint density at radius 3 is 2.14 bits per heavy atom. The second-order valence-electron chi connectivity index (χ2n) is 6.99. The average Bonchev–Trinajstić information content (AvgIpc) is 3.00. The van der Waals surface area contributed by atoms with Crippen LogP contribution in [-0.2, 0) is 22.7 Å². The van der Waals surface area contributed by atoms with E-state index in [2.05, 4.69) is 4.98 Å². The number of nitrogens with zero attached hydrogens (tertiary/aromatic N) is 3. The van der Waals surface area contributed by atoms with Gasteiger partial charge in [-0.15, -0.1) is 0 Å². The fraction of sp³-hybridized carbons (Fsp3) is 0.125. The normalized spacial score (nSPS) is 13.9. The van der Waals surface area contributed by atoms with Gasteiger partial charge < -0.3 is 4.90 Å². The van der Waals surface area contributed by atoms with Crippen LogP contribution in [0.4, 0.5) is 0 Å². The molecular weight excluding hydrogens is 362 g/mol. The summed E-state index contributed by atoms with van der Waals surface area (Å²) in [5.41, 5.74) is 3.50. The summed E-state index contributed by atoms with van der Waals surface area (Å²) in [6.45, 7) is 0.733. The third-order valence-electron chi connectivity index (χ3n) is 4.91. The Morgan fingerprint density at radius 1 is 0.828 bits per heavy atom. The highest BCUT2D eigenvalue weighted by Crippen LogP contribution is 2.32. The highest BCUT2D eigenvalue weighted by Gasteiger charge is 2.40. The molecule has 1 aliphatic rings. The standard InChI is InChI=1S/C24H21N3O2/c1-26(16-18-9-4-2-5-10-18)22-21(20-12-6-3-7-13-20)23(28)27(24(22)29)17-19-11-8-14-25-15-19/h2-15H,16-17H2,1H3. The van der Waals surface area contributed by atoms with Gasteiger partial charge in [-0.25, -0.2) is 0 Å². The monoisotopic (exact) mass is 383 g/mol. The second kappa shape index (κ2) is 8.10. The Morgan fingerprint density at radius 2 is 1.48 bits per heavy atom. The molecule has 0 bridgehead atoms. The van der Waals surface area contributed by atoms with Crippen molar-refractivity contribution in [3.8, 4) is 0 Å². The number of hydrogen-bond donors (Lipinski definition) is 0. The van der Waals surface area contributed by atoms with Gasteiger partial charge in [-0.2, -0.15) is 0 Å². The minimum absolute atomic E-state index is 0.199. The summed E-state index contributed by atoms with van der Waals surface area (Å²) in [4.78, 5) is 33.9. The molecule has 0 fully saturated rings. The summed E-state index contributed by atoms with van der Waals surface area (Å²) in [5, 5.41) is 0. The molecule has 2 aromatic carbocycles. The summed E-state index contributed by atoms with van der Waals surface area (Å²) in [6.07, 6.45) is 3.35. The fourth-order valence-electron chi connectivity index (χ4n) is 3.54. The predicted octanol–water partition coefficient (Wildman–Crippen LogP) is 3.49. The Balaban J connectivity index is 1.71. The van der Waals surface area contributed by atoms with E-state index in [9.17, 15) is 9.59 Å². The zero-order valence-corrected chi connectivity index (χ0v) is 16.2. The maximum absolute atomic E-state index is 13.3. The lowest BCUT2D eigenvalue weighted by atomic mass is 10.0. The first-order valence-electron chi connectivity index (χ1n) is 9.45. The van der Waals surface area contributed by atoms with Crippen LogP contribution in [0.5, 0.6) is 0 Å². The SMILES string of the molecule is CN(Cc1ccccc1)C1=C(c2ccccc2)C(=O)N(Cc2cccnc2)C1=O. The maximum atomic E-state index is 13.3. The van der Waals surface area contributed by atoms with Crippen molar-refractivity contribution in [1.82, 2.24) is 14.8 Å². The van der Waals surface area contributed by atoms with Crippen molar-refractivity contribution >= 4 is 17.4 Å². The molecule has 144 valence electrons. The predicted molar refractivity (Wildman–Crippen MR) is 111 cm³/mol. The first-order valence-corrected chi connectivity index (χ1v) is 9.45. The molecule has 0 N–H and O–H groups in total. The van der Waals surface area contributed by atoms with Gasteiger partial charge in [0.1, 0.15) is 5.70 Å². The minimum atomic E-state index is -0.281. The van der Waals surface area contributed by atoms with Gasteiger partial charge in [-0.1, -0.05) is 66.7 Å². The Hall–Kier alpha value is -3.73. The van der Waals surface area contributed by atoms with Crippen molar-refractivity contribution < 1.29 is 9.59 Å². The third kappa shape index (κ3) is 3.80. The number of hydrogen-bond acceptors (Lipinski definition) is 4. The van der Waals surface area contributed by atoms with Crippen LogP contribution in [0.1, 0.15) is 16.7 Å². The van der Waals surface area contributed by atoms with Gasteiger partial charge in [0.2, 0.25) is 0 Å². The molecule has 0 saturated heterocycles. The van der Waals surface area contributed by atoms with Crippen LogP contribution in [0.3, 0.4) is 0 Å². The van der Waals surface area contributed by atoms with Crippen molar-refractivity contribution in [1.29, 1.82) is 0 Å². The van der Waals surface area contributed by atoms with Gasteiger partial charge in [0, 0.05) is 26.0 Å². The van der Waals surface area contributed by atoms with Gasteiger partial charge in [0.05, 0.1) is 12.1 Å². The lowest BCUT2D eigenvalue weighted by Crippen LogP contribution is -2.33. The number of carbonyl (C=O) groups excluding carboxylic acids is 2. The number of imide groups is 1. The molecule has 5 heteroatoms. The number of likely N-dealkylation sites (N-methyl/N-ethyl adjacent to an activating group) is 1. The fourth-order valence-corrected chi connectivity index (χ4v) is 3.54. The summed E-state index contributed by atoms with van der Waals surface area (Å²) in [6, 6.07) is 22.9. The van der Waals surface area contributed by atoms with E-state index in [0.29, 0.717) is 17.8 Å². The molecule has 4 rings (SSSR count). The van der Waals surface area contributed by atoms with Crippen LogP contribution >= 0.6 is 0 Å². The molecule has 0 unspecified atom stereocenters.